The maximum absolute atomic E-state index is 4.39. The number of nitrogens with zero attached hydrogens (tertiary/aromatic N) is 3. The summed E-state index contributed by atoms with van der Waals surface area (Å²) in [6.45, 7) is 7.59. The fraction of sp³-hybridized carbons (Fsp3) is 0.846. The zero-order chi connectivity index (χ0) is 13.4. The summed E-state index contributed by atoms with van der Waals surface area (Å²) in [6, 6.07) is 0.483. The first kappa shape index (κ1) is 15.5. The Hall–Kier alpha value is -0.550. The molecule has 0 saturated heterocycles. The minimum Gasteiger partial charge on any atom is -0.316 e. The summed E-state index contributed by atoms with van der Waals surface area (Å²) in [6.07, 6.45) is 3.87. The second kappa shape index (κ2) is 8.53. The van der Waals surface area contributed by atoms with Crippen LogP contribution < -0.4 is 5.32 Å². The quantitative estimate of drug-likeness (QED) is 0.699. The highest BCUT2D eigenvalue weighted by molar-refractivity contribution is 7.99. The molecule has 104 valence electrons. The summed E-state index contributed by atoms with van der Waals surface area (Å²) in [4.78, 5) is 4.39. The first-order valence-electron chi connectivity index (χ1n) is 6.79. The van der Waals surface area contributed by atoms with Gasteiger partial charge in [0.25, 0.3) is 0 Å². The van der Waals surface area contributed by atoms with Crippen LogP contribution in [0.1, 0.15) is 33.0 Å². The van der Waals surface area contributed by atoms with Crippen LogP contribution >= 0.6 is 11.8 Å². The smallest absolute Gasteiger partial charge is 0.138 e. The van der Waals surface area contributed by atoms with E-state index in [2.05, 4.69) is 36.2 Å². The SMILES string of the molecule is CCCSCC(Cc1ncnn1CC(C)C)NC. The molecule has 1 rings (SSSR count). The third-order valence-electron chi connectivity index (χ3n) is 2.74. The van der Waals surface area contributed by atoms with Crippen molar-refractivity contribution in [2.24, 2.45) is 5.92 Å². The van der Waals surface area contributed by atoms with E-state index in [0.29, 0.717) is 12.0 Å². The van der Waals surface area contributed by atoms with Crippen molar-refractivity contribution >= 4 is 11.8 Å². The Kier molecular flexibility index (Phi) is 7.35. The number of hydrogen-bond donors (Lipinski definition) is 1. The molecule has 1 aromatic rings. The third-order valence-corrected chi connectivity index (χ3v) is 4.07. The van der Waals surface area contributed by atoms with E-state index >= 15 is 0 Å². The number of thioether (sulfide) groups is 1. The molecular weight excluding hydrogens is 244 g/mol. The molecule has 0 aliphatic carbocycles. The number of likely N-dealkylation sites (N-methyl/N-ethyl adjacent to an activating group) is 1. The fourth-order valence-electron chi connectivity index (χ4n) is 1.78. The molecule has 0 aliphatic rings. The van der Waals surface area contributed by atoms with E-state index in [9.17, 15) is 0 Å². The van der Waals surface area contributed by atoms with Gasteiger partial charge < -0.3 is 5.32 Å². The summed E-state index contributed by atoms with van der Waals surface area (Å²) >= 11 is 2.01. The molecule has 0 radical (unpaired) electrons. The van der Waals surface area contributed by atoms with Gasteiger partial charge in [0.15, 0.2) is 0 Å². The average Bonchev–Trinajstić information content (AvgIpc) is 2.74. The maximum Gasteiger partial charge on any atom is 0.138 e. The Morgan fingerprint density at radius 2 is 2.22 bits per heavy atom. The molecule has 5 heteroatoms. The molecule has 18 heavy (non-hydrogen) atoms. The summed E-state index contributed by atoms with van der Waals surface area (Å²) in [5, 5.41) is 7.69. The molecule has 0 fully saturated rings. The third kappa shape index (κ3) is 5.40. The second-order valence-corrected chi connectivity index (χ2v) is 6.17. The molecule has 1 unspecified atom stereocenters. The van der Waals surface area contributed by atoms with Gasteiger partial charge in [-0.2, -0.15) is 16.9 Å². The van der Waals surface area contributed by atoms with Gasteiger partial charge in [-0.3, -0.25) is 0 Å². The molecule has 0 spiro atoms. The van der Waals surface area contributed by atoms with E-state index in [4.69, 9.17) is 0 Å². The molecule has 1 aromatic heterocycles. The summed E-state index contributed by atoms with van der Waals surface area (Å²) in [5.41, 5.74) is 0. The van der Waals surface area contributed by atoms with Gasteiger partial charge in [-0.1, -0.05) is 20.8 Å². The summed E-state index contributed by atoms with van der Waals surface area (Å²) in [7, 11) is 2.03. The Morgan fingerprint density at radius 3 is 2.83 bits per heavy atom. The fourth-order valence-corrected chi connectivity index (χ4v) is 2.80. The monoisotopic (exact) mass is 270 g/mol. The molecule has 0 bridgehead atoms. The van der Waals surface area contributed by atoms with Crippen molar-refractivity contribution in [2.75, 3.05) is 18.6 Å². The zero-order valence-corrected chi connectivity index (χ0v) is 12.8. The predicted molar refractivity (Wildman–Crippen MR) is 79.0 cm³/mol. The lowest BCUT2D eigenvalue weighted by molar-refractivity contribution is 0.455. The zero-order valence-electron chi connectivity index (χ0n) is 12.0. The minimum absolute atomic E-state index is 0.483. The summed E-state index contributed by atoms with van der Waals surface area (Å²) in [5.74, 6) is 4.07. The van der Waals surface area contributed by atoms with Crippen molar-refractivity contribution in [2.45, 2.75) is 46.2 Å². The van der Waals surface area contributed by atoms with Crippen molar-refractivity contribution in [3.63, 3.8) is 0 Å². The van der Waals surface area contributed by atoms with Crippen LogP contribution in [0.3, 0.4) is 0 Å². The van der Waals surface area contributed by atoms with Crippen molar-refractivity contribution in [3.8, 4) is 0 Å². The standard InChI is InChI=1S/C13H26N4S/c1-5-6-18-9-12(14-4)7-13-15-10-16-17(13)8-11(2)3/h10-12,14H,5-9H2,1-4H3. The number of aromatic nitrogens is 3. The van der Waals surface area contributed by atoms with E-state index in [-0.39, 0.29) is 0 Å². The number of rotatable bonds is 9. The van der Waals surface area contributed by atoms with Crippen molar-refractivity contribution in [1.82, 2.24) is 20.1 Å². The highest BCUT2D eigenvalue weighted by Gasteiger charge is 2.12. The van der Waals surface area contributed by atoms with Gasteiger partial charge in [0.1, 0.15) is 12.2 Å². The van der Waals surface area contributed by atoms with E-state index in [1.165, 1.54) is 12.2 Å². The molecule has 1 atom stereocenters. The first-order valence-corrected chi connectivity index (χ1v) is 7.94. The predicted octanol–water partition coefficient (Wildman–Crippen LogP) is 2.21. The van der Waals surface area contributed by atoms with Crippen LogP contribution in [-0.4, -0.2) is 39.4 Å². The van der Waals surface area contributed by atoms with E-state index in [1.807, 2.05) is 23.5 Å². The average molecular weight is 270 g/mol. The maximum atomic E-state index is 4.39. The lowest BCUT2D eigenvalue weighted by atomic mass is 10.2. The lowest BCUT2D eigenvalue weighted by Crippen LogP contribution is -2.31. The molecule has 0 aromatic carbocycles. The van der Waals surface area contributed by atoms with Crippen LogP contribution in [0.5, 0.6) is 0 Å². The van der Waals surface area contributed by atoms with Crippen LogP contribution in [0.4, 0.5) is 0 Å². The molecule has 0 amide bonds. The molecule has 1 N–H and O–H groups in total. The molecule has 0 aliphatic heterocycles. The Labute approximate surface area is 115 Å². The molecular formula is C13H26N4S. The lowest BCUT2D eigenvalue weighted by Gasteiger charge is -2.16. The normalized spacial score (nSPS) is 13.2. The summed E-state index contributed by atoms with van der Waals surface area (Å²) < 4.78 is 2.04. The van der Waals surface area contributed by atoms with Crippen molar-refractivity contribution < 1.29 is 0 Å². The van der Waals surface area contributed by atoms with Crippen LogP contribution in [0.15, 0.2) is 6.33 Å². The van der Waals surface area contributed by atoms with Crippen LogP contribution in [0, 0.1) is 5.92 Å². The Balaban J connectivity index is 2.50. The van der Waals surface area contributed by atoms with Crippen LogP contribution in [0.25, 0.3) is 0 Å². The largest absolute Gasteiger partial charge is 0.316 e. The van der Waals surface area contributed by atoms with Crippen molar-refractivity contribution in [1.29, 1.82) is 0 Å². The molecule has 0 saturated carbocycles. The van der Waals surface area contributed by atoms with Gasteiger partial charge in [-0.05, 0) is 25.1 Å². The van der Waals surface area contributed by atoms with E-state index < -0.39 is 0 Å². The van der Waals surface area contributed by atoms with Gasteiger partial charge in [0.2, 0.25) is 0 Å². The minimum atomic E-state index is 0.483. The molecule has 4 nitrogen and oxygen atoms in total. The van der Waals surface area contributed by atoms with Gasteiger partial charge in [-0.25, -0.2) is 9.67 Å². The number of hydrogen-bond acceptors (Lipinski definition) is 4. The van der Waals surface area contributed by atoms with Gasteiger partial charge in [-0.15, -0.1) is 0 Å². The topological polar surface area (TPSA) is 42.7 Å². The van der Waals surface area contributed by atoms with Gasteiger partial charge >= 0.3 is 0 Å². The Morgan fingerprint density at radius 1 is 1.44 bits per heavy atom. The number of nitrogens with one attached hydrogen (secondary N) is 1. The van der Waals surface area contributed by atoms with Crippen LogP contribution in [0.2, 0.25) is 0 Å². The highest BCUT2D eigenvalue weighted by atomic mass is 32.2. The highest BCUT2D eigenvalue weighted by Crippen LogP contribution is 2.09. The van der Waals surface area contributed by atoms with Gasteiger partial charge in [0, 0.05) is 24.8 Å². The van der Waals surface area contributed by atoms with E-state index in [0.717, 1.165) is 24.5 Å². The first-order chi connectivity index (χ1) is 8.67. The Bertz CT molecular complexity index is 325. The molecule has 1 heterocycles. The van der Waals surface area contributed by atoms with Crippen molar-refractivity contribution in [3.05, 3.63) is 12.2 Å². The van der Waals surface area contributed by atoms with Gasteiger partial charge in [0.05, 0.1) is 0 Å². The second-order valence-electron chi connectivity index (χ2n) is 5.02. The van der Waals surface area contributed by atoms with Crippen LogP contribution in [-0.2, 0) is 13.0 Å². The van der Waals surface area contributed by atoms with E-state index in [1.54, 1.807) is 6.33 Å².